The van der Waals surface area contributed by atoms with Crippen molar-refractivity contribution in [2.24, 2.45) is 30.2 Å². The smallest absolute Gasteiger partial charge is 0.0361 e. The molecule has 2 heteroatoms. The van der Waals surface area contributed by atoms with Crippen molar-refractivity contribution in [3.05, 3.63) is 24.0 Å². The molecule has 1 aromatic heterocycles. The quantitative estimate of drug-likeness (QED) is 0.884. The molecule has 0 amide bonds. The second-order valence-electron chi connectivity index (χ2n) is 7.99. The summed E-state index contributed by atoms with van der Waals surface area (Å²) in [6.07, 6.45) is 11.3. The van der Waals surface area contributed by atoms with E-state index in [2.05, 4.69) is 42.2 Å². The molecule has 1 heterocycles. The molecule has 4 aliphatic carbocycles. The van der Waals surface area contributed by atoms with Crippen LogP contribution in [0, 0.1) is 23.2 Å². The van der Waals surface area contributed by atoms with Gasteiger partial charge in [-0.3, -0.25) is 0 Å². The van der Waals surface area contributed by atoms with Gasteiger partial charge in [0.2, 0.25) is 0 Å². The third-order valence-electron chi connectivity index (χ3n) is 6.64. The maximum absolute atomic E-state index is 3.86. The molecule has 1 unspecified atom stereocenters. The van der Waals surface area contributed by atoms with E-state index in [0.717, 1.165) is 24.3 Å². The van der Waals surface area contributed by atoms with Crippen molar-refractivity contribution < 1.29 is 0 Å². The molecule has 4 bridgehead atoms. The highest BCUT2D eigenvalue weighted by Crippen LogP contribution is 2.61. The zero-order valence-corrected chi connectivity index (χ0v) is 12.9. The highest BCUT2D eigenvalue weighted by Gasteiger charge is 2.52. The Morgan fingerprint density at radius 1 is 1.20 bits per heavy atom. The van der Waals surface area contributed by atoms with Crippen LogP contribution in [-0.4, -0.2) is 10.6 Å². The summed E-state index contributed by atoms with van der Waals surface area (Å²) < 4.78 is 2.24. The first-order valence-electron chi connectivity index (χ1n) is 8.48. The summed E-state index contributed by atoms with van der Waals surface area (Å²) in [4.78, 5) is 0. The van der Waals surface area contributed by atoms with Crippen LogP contribution in [0.5, 0.6) is 0 Å². The molecule has 20 heavy (non-hydrogen) atoms. The second kappa shape index (κ2) is 4.62. The Morgan fingerprint density at radius 3 is 2.30 bits per heavy atom. The molecular weight excluding hydrogens is 244 g/mol. The van der Waals surface area contributed by atoms with Gasteiger partial charge in [0.15, 0.2) is 0 Å². The van der Waals surface area contributed by atoms with Crippen LogP contribution in [-0.2, 0) is 13.6 Å². The van der Waals surface area contributed by atoms with Crippen LogP contribution in [0.3, 0.4) is 0 Å². The standard InChI is InChI=1S/C18H28N2/c1-13(19-12-17-4-3-5-20(17)2)18-9-14-6-15(10-18)8-16(7-14)11-18/h3-5,13-16,19H,6-12H2,1-2H3. The zero-order chi connectivity index (χ0) is 13.7. The topological polar surface area (TPSA) is 17.0 Å². The lowest BCUT2D eigenvalue weighted by atomic mass is 9.48. The van der Waals surface area contributed by atoms with Gasteiger partial charge in [-0.15, -0.1) is 0 Å². The molecule has 4 fully saturated rings. The molecule has 5 rings (SSSR count). The molecule has 1 atom stereocenters. The summed E-state index contributed by atoms with van der Waals surface area (Å²) in [5.74, 6) is 3.17. The average molecular weight is 272 g/mol. The van der Waals surface area contributed by atoms with Crippen LogP contribution in [0.2, 0.25) is 0 Å². The minimum atomic E-state index is 0.625. The van der Waals surface area contributed by atoms with Crippen molar-refractivity contribution in [3.8, 4) is 0 Å². The number of rotatable bonds is 4. The predicted octanol–water partition coefficient (Wildman–Crippen LogP) is 3.72. The number of hydrogen-bond acceptors (Lipinski definition) is 1. The fraction of sp³-hybridized carbons (Fsp3) is 0.778. The van der Waals surface area contributed by atoms with E-state index in [9.17, 15) is 0 Å². The third kappa shape index (κ3) is 2.04. The summed E-state index contributed by atoms with van der Waals surface area (Å²) in [6, 6.07) is 5.05. The molecule has 1 aromatic rings. The van der Waals surface area contributed by atoms with Gasteiger partial charge in [0.05, 0.1) is 0 Å². The number of nitrogens with one attached hydrogen (secondary N) is 1. The second-order valence-corrected chi connectivity index (χ2v) is 7.99. The Balaban J connectivity index is 1.45. The van der Waals surface area contributed by atoms with E-state index in [1.54, 1.807) is 19.3 Å². The summed E-state index contributed by atoms with van der Waals surface area (Å²) in [6.45, 7) is 3.47. The van der Waals surface area contributed by atoms with Crippen molar-refractivity contribution in [2.75, 3.05) is 0 Å². The highest BCUT2D eigenvalue weighted by atomic mass is 15.0. The van der Waals surface area contributed by atoms with Gasteiger partial charge in [-0.2, -0.15) is 0 Å². The van der Waals surface area contributed by atoms with Crippen LogP contribution in [0.25, 0.3) is 0 Å². The van der Waals surface area contributed by atoms with Crippen molar-refractivity contribution in [2.45, 2.75) is 58.0 Å². The first-order chi connectivity index (χ1) is 9.64. The first kappa shape index (κ1) is 12.9. The molecule has 1 N–H and O–H groups in total. The molecule has 0 aliphatic heterocycles. The summed E-state index contributed by atoms with van der Waals surface area (Å²) in [7, 11) is 2.15. The molecule has 110 valence electrons. The monoisotopic (exact) mass is 272 g/mol. The van der Waals surface area contributed by atoms with E-state index in [1.807, 2.05) is 0 Å². The summed E-state index contributed by atoms with van der Waals surface area (Å²) in [5.41, 5.74) is 2.03. The van der Waals surface area contributed by atoms with Gasteiger partial charge in [0.1, 0.15) is 0 Å². The fourth-order valence-corrected chi connectivity index (χ4v) is 5.86. The first-order valence-corrected chi connectivity index (χ1v) is 8.48. The van der Waals surface area contributed by atoms with E-state index in [1.165, 1.54) is 25.0 Å². The van der Waals surface area contributed by atoms with E-state index in [-0.39, 0.29) is 0 Å². The molecule has 0 aromatic carbocycles. The minimum Gasteiger partial charge on any atom is -0.353 e. The van der Waals surface area contributed by atoms with Crippen LogP contribution in [0.15, 0.2) is 18.3 Å². The lowest BCUT2D eigenvalue weighted by Crippen LogP contribution is -2.54. The molecule has 0 radical (unpaired) electrons. The molecule has 0 spiro atoms. The zero-order valence-electron chi connectivity index (χ0n) is 12.9. The summed E-state index contributed by atoms with van der Waals surface area (Å²) in [5, 5.41) is 3.86. The molecule has 4 aliphatic rings. The van der Waals surface area contributed by atoms with Gasteiger partial charge < -0.3 is 9.88 Å². The fourth-order valence-electron chi connectivity index (χ4n) is 5.86. The normalized spacial score (nSPS) is 40.2. The molecule has 4 saturated carbocycles. The van der Waals surface area contributed by atoms with Gasteiger partial charge in [0, 0.05) is 31.5 Å². The maximum atomic E-state index is 3.86. The van der Waals surface area contributed by atoms with Gasteiger partial charge >= 0.3 is 0 Å². The largest absolute Gasteiger partial charge is 0.353 e. The Bertz CT molecular complexity index is 452. The van der Waals surface area contributed by atoms with Gasteiger partial charge in [-0.25, -0.2) is 0 Å². The van der Waals surface area contributed by atoms with Gasteiger partial charge in [0.25, 0.3) is 0 Å². The third-order valence-corrected chi connectivity index (χ3v) is 6.64. The van der Waals surface area contributed by atoms with Gasteiger partial charge in [-0.05, 0) is 80.8 Å². The lowest BCUT2D eigenvalue weighted by molar-refractivity contribution is -0.0707. The molecule has 2 nitrogen and oxygen atoms in total. The maximum Gasteiger partial charge on any atom is 0.0361 e. The number of aromatic nitrogens is 1. The number of hydrogen-bond donors (Lipinski definition) is 1. The van der Waals surface area contributed by atoms with Crippen LogP contribution < -0.4 is 5.32 Å². The number of nitrogens with zero attached hydrogens (tertiary/aromatic N) is 1. The van der Waals surface area contributed by atoms with Crippen molar-refractivity contribution >= 4 is 0 Å². The minimum absolute atomic E-state index is 0.625. The van der Waals surface area contributed by atoms with E-state index >= 15 is 0 Å². The van der Waals surface area contributed by atoms with Crippen molar-refractivity contribution in [3.63, 3.8) is 0 Å². The molecule has 0 saturated heterocycles. The predicted molar refractivity (Wildman–Crippen MR) is 82.3 cm³/mol. The SMILES string of the molecule is CC(NCc1cccn1C)C12CC3CC(CC(C3)C1)C2. The Hall–Kier alpha value is -0.760. The van der Waals surface area contributed by atoms with Crippen LogP contribution in [0.4, 0.5) is 0 Å². The Morgan fingerprint density at radius 2 is 1.80 bits per heavy atom. The highest BCUT2D eigenvalue weighted by molar-refractivity contribution is 5.08. The van der Waals surface area contributed by atoms with Crippen LogP contribution in [0.1, 0.15) is 51.1 Å². The Labute approximate surface area is 122 Å². The lowest BCUT2D eigenvalue weighted by Gasteiger charge is -2.59. The molecular formula is C18H28N2. The van der Waals surface area contributed by atoms with Gasteiger partial charge in [-0.1, -0.05) is 0 Å². The average Bonchev–Trinajstić information content (AvgIpc) is 2.80. The summed E-state index contributed by atoms with van der Waals surface area (Å²) >= 11 is 0. The van der Waals surface area contributed by atoms with Crippen molar-refractivity contribution in [1.82, 2.24) is 9.88 Å². The van der Waals surface area contributed by atoms with Crippen molar-refractivity contribution in [1.29, 1.82) is 0 Å². The van der Waals surface area contributed by atoms with E-state index in [0.29, 0.717) is 11.5 Å². The van der Waals surface area contributed by atoms with E-state index < -0.39 is 0 Å². The van der Waals surface area contributed by atoms with Crippen LogP contribution >= 0.6 is 0 Å². The Kier molecular flexibility index (Phi) is 2.99. The number of aryl methyl sites for hydroxylation is 1. The van der Waals surface area contributed by atoms with E-state index in [4.69, 9.17) is 0 Å².